The van der Waals surface area contributed by atoms with Gasteiger partial charge >= 0.3 is 0 Å². The molecule has 0 atom stereocenters. The lowest BCUT2D eigenvalue weighted by Gasteiger charge is -1.90. The van der Waals surface area contributed by atoms with Crippen LogP contribution in [-0.2, 0) is 0 Å². The van der Waals surface area contributed by atoms with Crippen molar-refractivity contribution < 1.29 is 10.2 Å². The van der Waals surface area contributed by atoms with Gasteiger partial charge < -0.3 is 10.2 Å². The van der Waals surface area contributed by atoms with E-state index in [4.69, 9.17) is 10.2 Å². The van der Waals surface area contributed by atoms with Gasteiger partial charge in [-0.2, -0.15) is 0 Å². The second kappa shape index (κ2) is 14.2. The van der Waals surface area contributed by atoms with Crippen LogP contribution >= 0.6 is 0 Å². The van der Waals surface area contributed by atoms with Gasteiger partial charge in [-0.15, -0.1) is 0 Å². The number of hydrogen-bond acceptors (Lipinski definition) is 2. The van der Waals surface area contributed by atoms with Crippen LogP contribution in [-0.4, -0.2) is 23.4 Å². The molecule has 0 aromatic heterocycles. The molecule has 0 heterocycles. The van der Waals surface area contributed by atoms with Gasteiger partial charge in [-0.25, -0.2) is 0 Å². The van der Waals surface area contributed by atoms with E-state index in [1.165, 1.54) is 12.0 Å². The Bertz CT molecular complexity index is 105. The van der Waals surface area contributed by atoms with Crippen LogP contribution in [0.3, 0.4) is 0 Å². The third-order valence-corrected chi connectivity index (χ3v) is 1.87. The lowest BCUT2D eigenvalue weighted by atomic mass is 10.2. The topological polar surface area (TPSA) is 40.5 Å². The third-order valence-electron chi connectivity index (χ3n) is 1.87. The molecule has 0 aromatic rings. The number of rotatable bonds is 5. The van der Waals surface area contributed by atoms with Gasteiger partial charge in [0.05, 0.1) is 0 Å². The zero-order chi connectivity index (χ0) is 10.5. The molecule has 0 aliphatic carbocycles. The maximum absolute atomic E-state index is 8.21. The van der Waals surface area contributed by atoms with Gasteiger partial charge in [0.1, 0.15) is 0 Å². The first-order valence-corrected chi connectivity index (χ1v) is 5.06. The van der Waals surface area contributed by atoms with Crippen molar-refractivity contribution in [3.63, 3.8) is 0 Å². The second-order valence-electron chi connectivity index (χ2n) is 3.00. The molecule has 0 saturated carbocycles. The highest BCUT2D eigenvalue weighted by Crippen LogP contribution is 1.94. The fourth-order valence-electron chi connectivity index (χ4n) is 0.605. The Morgan fingerprint density at radius 3 is 1.69 bits per heavy atom. The zero-order valence-electron chi connectivity index (χ0n) is 9.21. The molecule has 0 rings (SSSR count). The van der Waals surface area contributed by atoms with E-state index in [0.717, 1.165) is 19.3 Å². The summed E-state index contributed by atoms with van der Waals surface area (Å²) in [5.74, 6) is 0. The first-order valence-electron chi connectivity index (χ1n) is 5.06. The highest BCUT2D eigenvalue weighted by atomic mass is 16.3. The standard InChI is InChI=1S/C6H12.C5H12O2/c1-4-6(3)5-2;6-4-2-1-3-5-7/h4H,5H2,1-3H3;6-7H,1-5H2. The van der Waals surface area contributed by atoms with Crippen molar-refractivity contribution in [1.29, 1.82) is 0 Å². The molecule has 0 aliphatic heterocycles. The predicted molar refractivity (Wildman–Crippen MR) is 57.7 cm³/mol. The Morgan fingerprint density at radius 2 is 1.54 bits per heavy atom. The van der Waals surface area contributed by atoms with Gasteiger partial charge in [0, 0.05) is 13.2 Å². The van der Waals surface area contributed by atoms with Crippen LogP contribution in [0.25, 0.3) is 0 Å². The van der Waals surface area contributed by atoms with E-state index in [2.05, 4.69) is 26.8 Å². The van der Waals surface area contributed by atoms with Crippen LogP contribution in [0.5, 0.6) is 0 Å². The number of aliphatic hydroxyl groups is 2. The molecule has 0 saturated heterocycles. The van der Waals surface area contributed by atoms with Gasteiger partial charge in [0.25, 0.3) is 0 Å². The Labute approximate surface area is 82.3 Å². The predicted octanol–water partition coefficient (Wildman–Crippen LogP) is 2.50. The summed E-state index contributed by atoms with van der Waals surface area (Å²) in [5.41, 5.74) is 1.47. The molecule has 2 N–H and O–H groups in total. The lowest BCUT2D eigenvalue weighted by molar-refractivity contribution is 0.257. The summed E-state index contributed by atoms with van der Waals surface area (Å²) in [6, 6.07) is 0. The van der Waals surface area contributed by atoms with Crippen molar-refractivity contribution in [2.45, 2.75) is 46.5 Å². The van der Waals surface area contributed by atoms with Gasteiger partial charge in [0.2, 0.25) is 0 Å². The number of unbranched alkanes of at least 4 members (excludes halogenated alkanes) is 2. The van der Waals surface area contributed by atoms with E-state index >= 15 is 0 Å². The monoisotopic (exact) mass is 188 g/mol. The van der Waals surface area contributed by atoms with Crippen LogP contribution in [0, 0.1) is 0 Å². The van der Waals surface area contributed by atoms with Crippen molar-refractivity contribution in [1.82, 2.24) is 0 Å². The van der Waals surface area contributed by atoms with Crippen molar-refractivity contribution in [2.75, 3.05) is 13.2 Å². The van der Waals surface area contributed by atoms with Gasteiger partial charge in [-0.3, -0.25) is 0 Å². The van der Waals surface area contributed by atoms with Crippen LogP contribution < -0.4 is 0 Å². The Balaban J connectivity index is 0. The number of hydrogen-bond donors (Lipinski definition) is 2. The van der Waals surface area contributed by atoms with Crippen LogP contribution in [0.1, 0.15) is 46.5 Å². The molecule has 0 unspecified atom stereocenters. The summed E-state index contributed by atoms with van der Waals surface area (Å²) in [4.78, 5) is 0. The lowest BCUT2D eigenvalue weighted by Crippen LogP contribution is -1.85. The van der Waals surface area contributed by atoms with Crippen LogP contribution in [0.15, 0.2) is 11.6 Å². The van der Waals surface area contributed by atoms with E-state index in [1.807, 2.05) is 0 Å². The molecule has 0 spiro atoms. The number of allylic oxidation sites excluding steroid dienone is 2. The molecule has 0 amide bonds. The molecule has 0 radical (unpaired) electrons. The molecule has 13 heavy (non-hydrogen) atoms. The molecule has 0 aliphatic rings. The van der Waals surface area contributed by atoms with Crippen molar-refractivity contribution in [2.24, 2.45) is 0 Å². The maximum atomic E-state index is 8.21. The first kappa shape index (κ1) is 15.1. The maximum Gasteiger partial charge on any atom is 0.0431 e. The summed E-state index contributed by atoms with van der Waals surface area (Å²) in [7, 11) is 0. The smallest absolute Gasteiger partial charge is 0.0431 e. The molecule has 0 aromatic carbocycles. The van der Waals surface area contributed by atoms with E-state index in [9.17, 15) is 0 Å². The largest absolute Gasteiger partial charge is 0.396 e. The van der Waals surface area contributed by atoms with E-state index < -0.39 is 0 Å². The van der Waals surface area contributed by atoms with E-state index in [0.29, 0.717) is 0 Å². The number of aliphatic hydroxyl groups excluding tert-OH is 2. The molecule has 2 nitrogen and oxygen atoms in total. The average Bonchev–Trinajstić information content (AvgIpc) is 2.18. The molecule has 0 fully saturated rings. The third kappa shape index (κ3) is 18.5. The van der Waals surface area contributed by atoms with Gasteiger partial charge in [0.15, 0.2) is 0 Å². The minimum atomic E-state index is 0.250. The quantitative estimate of drug-likeness (QED) is 0.514. The van der Waals surface area contributed by atoms with E-state index in [1.54, 1.807) is 0 Å². The second-order valence-corrected chi connectivity index (χ2v) is 3.00. The summed E-state index contributed by atoms with van der Waals surface area (Å²) in [6.45, 7) is 6.87. The van der Waals surface area contributed by atoms with Crippen molar-refractivity contribution >= 4 is 0 Å². The summed E-state index contributed by atoms with van der Waals surface area (Å²) >= 11 is 0. The minimum absolute atomic E-state index is 0.250. The summed E-state index contributed by atoms with van der Waals surface area (Å²) in [6.07, 6.45) is 5.91. The highest BCUT2D eigenvalue weighted by Gasteiger charge is 1.81. The van der Waals surface area contributed by atoms with Crippen molar-refractivity contribution in [3.05, 3.63) is 11.6 Å². The average molecular weight is 188 g/mol. The molecule has 80 valence electrons. The molecular formula is C11H24O2. The normalized spacial score (nSPS) is 10.7. The molecule has 2 heteroatoms. The van der Waals surface area contributed by atoms with E-state index in [-0.39, 0.29) is 13.2 Å². The fourth-order valence-corrected chi connectivity index (χ4v) is 0.605. The van der Waals surface area contributed by atoms with Gasteiger partial charge in [-0.1, -0.05) is 18.6 Å². The van der Waals surface area contributed by atoms with Crippen LogP contribution in [0.2, 0.25) is 0 Å². The van der Waals surface area contributed by atoms with Crippen LogP contribution in [0.4, 0.5) is 0 Å². The summed E-state index contributed by atoms with van der Waals surface area (Å²) < 4.78 is 0. The highest BCUT2D eigenvalue weighted by molar-refractivity contribution is 4.93. The fraction of sp³-hybridized carbons (Fsp3) is 0.818. The zero-order valence-corrected chi connectivity index (χ0v) is 9.21. The minimum Gasteiger partial charge on any atom is -0.396 e. The Kier molecular flexibility index (Phi) is 16.5. The first-order chi connectivity index (χ1) is 6.22. The SMILES string of the molecule is CC=C(C)CC.OCCCCCO. The Morgan fingerprint density at radius 1 is 1.08 bits per heavy atom. The Hall–Kier alpha value is -0.340. The van der Waals surface area contributed by atoms with Crippen molar-refractivity contribution in [3.8, 4) is 0 Å². The molecular weight excluding hydrogens is 164 g/mol. The molecule has 0 bridgehead atoms. The summed E-state index contributed by atoms with van der Waals surface area (Å²) in [5, 5.41) is 16.4. The van der Waals surface area contributed by atoms with Gasteiger partial charge in [-0.05, 0) is 39.5 Å².